The molecule has 33 heavy (non-hydrogen) atoms. The van der Waals surface area contributed by atoms with Crippen molar-refractivity contribution in [2.24, 2.45) is 0 Å². The number of hydrogen-bond donors (Lipinski definition) is 2. The van der Waals surface area contributed by atoms with Crippen molar-refractivity contribution < 1.29 is 9.53 Å². The summed E-state index contributed by atoms with van der Waals surface area (Å²) in [5.74, 6) is 0.618. The molecule has 2 N–H and O–H groups in total. The summed E-state index contributed by atoms with van der Waals surface area (Å²) in [5, 5.41) is 3.50. The third-order valence-corrected chi connectivity index (χ3v) is 5.77. The van der Waals surface area contributed by atoms with Crippen LogP contribution in [0.3, 0.4) is 0 Å². The second-order valence-electron chi connectivity index (χ2n) is 7.89. The van der Waals surface area contributed by atoms with Gasteiger partial charge in [0.15, 0.2) is 0 Å². The summed E-state index contributed by atoms with van der Waals surface area (Å²) in [7, 11) is 1.64. The van der Waals surface area contributed by atoms with Gasteiger partial charge in [-0.1, -0.05) is 42.5 Å². The minimum atomic E-state index is -0.180. The van der Waals surface area contributed by atoms with E-state index in [2.05, 4.69) is 10.3 Å². The topological polar surface area (TPSA) is 75.6 Å². The Morgan fingerprint density at radius 2 is 1.82 bits per heavy atom. The summed E-state index contributed by atoms with van der Waals surface area (Å²) in [6.07, 6.45) is 2.67. The largest absolute Gasteiger partial charge is 0.497 e. The molecular formula is C27H23N3O3. The van der Waals surface area contributed by atoms with Crippen molar-refractivity contribution in [3.8, 4) is 16.9 Å². The number of aromatic nitrogens is 2. The number of nitrogens with one attached hydrogen (secondary N) is 2. The number of nitrogens with zero attached hydrogens (tertiary/aromatic N) is 1. The highest BCUT2D eigenvalue weighted by Gasteiger charge is 2.12. The van der Waals surface area contributed by atoms with Gasteiger partial charge >= 0.3 is 0 Å². The third-order valence-electron chi connectivity index (χ3n) is 5.77. The number of ether oxygens (including phenoxy) is 1. The van der Waals surface area contributed by atoms with E-state index in [4.69, 9.17) is 4.74 Å². The summed E-state index contributed by atoms with van der Waals surface area (Å²) >= 11 is 0. The fourth-order valence-corrected chi connectivity index (χ4v) is 4.05. The van der Waals surface area contributed by atoms with Crippen molar-refractivity contribution >= 4 is 22.5 Å². The molecule has 0 saturated carbocycles. The highest BCUT2D eigenvalue weighted by atomic mass is 16.5. The van der Waals surface area contributed by atoms with Gasteiger partial charge in [0.2, 0.25) is 0 Å². The number of carbonyl (C=O) groups is 1. The van der Waals surface area contributed by atoms with Crippen LogP contribution in [0.2, 0.25) is 0 Å². The molecule has 0 bridgehead atoms. The highest BCUT2D eigenvalue weighted by molar-refractivity contribution is 5.98. The molecule has 0 radical (unpaired) electrons. The van der Waals surface area contributed by atoms with Crippen LogP contribution < -0.4 is 15.6 Å². The van der Waals surface area contributed by atoms with Gasteiger partial charge in [-0.3, -0.25) is 9.59 Å². The zero-order valence-electron chi connectivity index (χ0n) is 18.2. The van der Waals surface area contributed by atoms with Crippen molar-refractivity contribution in [1.29, 1.82) is 0 Å². The molecule has 164 valence electrons. The van der Waals surface area contributed by atoms with Crippen molar-refractivity contribution in [3.05, 3.63) is 107 Å². The van der Waals surface area contributed by atoms with E-state index in [9.17, 15) is 9.59 Å². The summed E-state index contributed by atoms with van der Waals surface area (Å²) in [6.45, 7) is 0.497. The van der Waals surface area contributed by atoms with Gasteiger partial charge in [0, 0.05) is 23.9 Å². The van der Waals surface area contributed by atoms with Gasteiger partial charge in [-0.05, 0) is 53.9 Å². The lowest BCUT2D eigenvalue weighted by molar-refractivity contribution is 0.0954. The molecule has 0 aliphatic rings. The second kappa shape index (κ2) is 8.67. The molecule has 5 rings (SSSR count). The normalized spacial score (nSPS) is 11.1. The van der Waals surface area contributed by atoms with Gasteiger partial charge in [0.05, 0.1) is 18.0 Å². The Bertz CT molecular complexity index is 1520. The maximum atomic E-state index is 12.8. The van der Waals surface area contributed by atoms with Crippen molar-refractivity contribution in [1.82, 2.24) is 14.7 Å². The lowest BCUT2D eigenvalue weighted by Crippen LogP contribution is -2.25. The molecule has 0 aliphatic heterocycles. The van der Waals surface area contributed by atoms with Gasteiger partial charge in [-0.15, -0.1) is 0 Å². The predicted molar refractivity (Wildman–Crippen MR) is 130 cm³/mol. The van der Waals surface area contributed by atoms with Crippen LogP contribution >= 0.6 is 0 Å². The number of H-pyrrole nitrogens is 1. The van der Waals surface area contributed by atoms with E-state index in [1.54, 1.807) is 25.3 Å². The van der Waals surface area contributed by atoms with E-state index in [1.165, 1.54) is 0 Å². The number of amides is 1. The minimum Gasteiger partial charge on any atom is -0.497 e. The van der Waals surface area contributed by atoms with Crippen molar-refractivity contribution in [3.63, 3.8) is 0 Å². The van der Waals surface area contributed by atoms with Crippen LogP contribution in [0.15, 0.2) is 89.9 Å². The van der Waals surface area contributed by atoms with Gasteiger partial charge < -0.3 is 19.4 Å². The van der Waals surface area contributed by atoms with Crippen LogP contribution in [0.1, 0.15) is 15.9 Å². The average Bonchev–Trinajstić information content (AvgIpc) is 3.29. The maximum absolute atomic E-state index is 12.8. The van der Waals surface area contributed by atoms with Gasteiger partial charge in [0.25, 0.3) is 11.5 Å². The number of fused-ring (bicyclic) bond motifs is 3. The number of hydrogen-bond acceptors (Lipinski definition) is 3. The first-order valence-corrected chi connectivity index (χ1v) is 10.8. The first kappa shape index (κ1) is 20.6. The first-order chi connectivity index (χ1) is 16.1. The first-order valence-electron chi connectivity index (χ1n) is 10.8. The molecule has 0 unspecified atom stereocenters. The molecule has 2 aromatic heterocycles. The Morgan fingerprint density at radius 1 is 0.970 bits per heavy atom. The van der Waals surface area contributed by atoms with E-state index < -0.39 is 0 Å². The quantitative estimate of drug-likeness (QED) is 0.413. The van der Waals surface area contributed by atoms with E-state index >= 15 is 0 Å². The number of benzene rings is 3. The number of methoxy groups -OCH3 is 1. The Morgan fingerprint density at radius 3 is 2.64 bits per heavy atom. The Hall–Kier alpha value is -4.32. The molecule has 5 aromatic rings. The molecule has 2 heterocycles. The van der Waals surface area contributed by atoms with Crippen LogP contribution in [0.4, 0.5) is 0 Å². The van der Waals surface area contributed by atoms with E-state index in [1.807, 2.05) is 71.3 Å². The minimum absolute atomic E-state index is 0.177. The summed E-state index contributed by atoms with van der Waals surface area (Å²) < 4.78 is 7.17. The fraction of sp³-hybridized carbons (Fsp3) is 0.111. The molecule has 3 aromatic carbocycles. The molecule has 0 fully saturated rings. The van der Waals surface area contributed by atoms with E-state index in [-0.39, 0.29) is 11.5 Å². The molecule has 6 heteroatoms. The lowest BCUT2D eigenvalue weighted by atomic mass is 10.1. The second-order valence-corrected chi connectivity index (χ2v) is 7.89. The smallest absolute Gasteiger partial charge is 0.258 e. The van der Waals surface area contributed by atoms with E-state index in [0.29, 0.717) is 35.1 Å². The summed E-state index contributed by atoms with van der Waals surface area (Å²) in [5.41, 5.74) is 4.84. The van der Waals surface area contributed by atoms with Crippen LogP contribution in [0, 0.1) is 0 Å². The van der Waals surface area contributed by atoms with Crippen LogP contribution in [0.25, 0.3) is 27.7 Å². The summed E-state index contributed by atoms with van der Waals surface area (Å²) in [4.78, 5) is 28.4. The van der Waals surface area contributed by atoms with Crippen LogP contribution in [0.5, 0.6) is 5.75 Å². The number of aromatic amines is 1. The Labute approximate surface area is 190 Å². The highest BCUT2D eigenvalue weighted by Crippen LogP contribution is 2.24. The standard InChI is InChI=1S/C27H23N3O3/c1-33-22-9-5-6-18(14-22)12-13-28-26(31)20-10-11-23-24(15-20)30-17-21(16-25(30)29-27(23)32)19-7-3-2-4-8-19/h2-11,14-17H,12-13H2,1H3,(H,28,31)(H,29,32). The summed E-state index contributed by atoms with van der Waals surface area (Å²) in [6, 6.07) is 24.9. The predicted octanol–water partition coefficient (Wildman–Crippen LogP) is 4.43. The average molecular weight is 437 g/mol. The van der Waals surface area contributed by atoms with Gasteiger partial charge in [0.1, 0.15) is 11.4 Å². The monoisotopic (exact) mass is 437 g/mol. The molecule has 0 spiro atoms. The van der Waals surface area contributed by atoms with Crippen LogP contribution in [-0.2, 0) is 6.42 Å². The zero-order chi connectivity index (χ0) is 22.8. The number of carbonyl (C=O) groups excluding carboxylic acids is 1. The lowest BCUT2D eigenvalue weighted by Gasteiger charge is -2.08. The van der Waals surface area contributed by atoms with Crippen LogP contribution in [-0.4, -0.2) is 28.9 Å². The Kier molecular flexibility index (Phi) is 5.40. The fourth-order valence-electron chi connectivity index (χ4n) is 4.05. The molecule has 6 nitrogen and oxygen atoms in total. The van der Waals surface area contributed by atoms with Gasteiger partial charge in [-0.2, -0.15) is 0 Å². The van der Waals surface area contributed by atoms with Crippen molar-refractivity contribution in [2.75, 3.05) is 13.7 Å². The molecule has 0 aliphatic carbocycles. The molecule has 1 amide bonds. The molecule has 0 saturated heterocycles. The number of rotatable bonds is 6. The van der Waals surface area contributed by atoms with Crippen molar-refractivity contribution in [2.45, 2.75) is 6.42 Å². The third kappa shape index (κ3) is 4.11. The maximum Gasteiger partial charge on any atom is 0.258 e. The van der Waals surface area contributed by atoms with E-state index in [0.717, 1.165) is 22.4 Å². The Balaban J connectivity index is 1.42. The molecule has 0 atom stereocenters. The SMILES string of the molecule is COc1cccc(CCNC(=O)c2ccc3c(=O)[nH]c4cc(-c5ccccc5)cn4c3c2)c1. The van der Waals surface area contributed by atoms with Gasteiger partial charge in [-0.25, -0.2) is 0 Å². The molecular weight excluding hydrogens is 414 g/mol. The zero-order valence-corrected chi connectivity index (χ0v) is 18.2.